The fraction of sp³-hybridized carbons (Fsp3) is 0.462. The minimum Gasteiger partial charge on any atom is -0.379 e. The van der Waals surface area contributed by atoms with Crippen molar-refractivity contribution in [3.05, 3.63) is 35.1 Å². The first-order valence-corrected chi connectivity index (χ1v) is 5.92. The summed E-state index contributed by atoms with van der Waals surface area (Å²) in [6, 6.07) is 1.31. The number of rotatable bonds is 6. The van der Waals surface area contributed by atoms with Crippen LogP contribution in [0.4, 0.5) is 13.2 Å². The molecule has 0 aliphatic rings. The monoisotopic (exact) mass is 275 g/mol. The Morgan fingerprint density at radius 1 is 1.26 bits per heavy atom. The van der Waals surface area contributed by atoms with E-state index in [0.29, 0.717) is 31.3 Å². The van der Waals surface area contributed by atoms with Crippen LogP contribution in [0, 0.1) is 23.4 Å². The fourth-order valence-corrected chi connectivity index (χ4v) is 1.34. The van der Waals surface area contributed by atoms with Gasteiger partial charge in [0.2, 0.25) is 0 Å². The lowest BCUT2D eigenvalue weighted by Crippen LogP contribution is -2.28. The number of hydrogen-bond donors (Lipinski definition) is 1. The second-order valence-corrected chi connectivity index (χ2v) is 4.48. The summed E-state index contributed by atoms with van der Waals surface area (Å²) >= 11 is 0. The van der Waals surface area contributed by atoms with Crippen LogP contribution >= 0.6 is 0 Å². The molecule has 1 rings (SSSR count). The highest BCUT2D eigenvalue weighted by molar-refractivity contribution is 5.94. The number of ether oxygens (including phenoxy) is 1. The quantitative estimate of drug-likeness (QED) is 0.640. The number of nitrogens with one attached hydrogen (secondary N) is 1. The molecule has 1 aromatic carbocycles. The van der Waals surface area contributed by atoms with Crippen molar-refractivity contribution in [1.82, 2.24) is 5.32 Å². The van der Waals surface area contributed by atoms with E-state index in [1.807, 2.05) is 13.8 Å². The lowest BCUT2D eigenvalue weighted by molar-refractivity contribution is 0.0885. The van der Waals surface area contributed by atoms with E-state index in [1.54, 1.807) is 0 Å². The number of hydrogen-bond acceptors (Lipinski definition) is 2. The summed E-state index contributed by atoms with van der Waals surface area (Å²) in [6.07, 6.45) is 0. The summed E-state index contributed by atoms with van der Waals surface area (Å²) in [7, 11) is 0. The molecular weight excluding hydrogens is 259 g/mol. The predicted molar refractivity (Wildman–Crippen MR) is 64.3 cm³/mol. The highest BCUT2D eigenvalue weighted by Crippen LogP contribution is 2.13. The topological polar surface area (TPSA) is 38.3 Å². The zero-order chi connectivity index (χ0) is 14.4. The molecule has 0 aromatic heterocycles. The molecule has 0 atom stereocenters. The minimum absolute atomic E-state index is 0.214. The molecule has 1 N–H and O–H groups in total. The van der Waals surface area contributed by atoms with Crippen LogP contribution in [0.3, 0.4) is 0 Å². The highest BCUT2D eigenvalue weighted by Gasteiger charge is 2.14. The van der Waals surface area contributed by atoms with Gasteiger partial charge in [-0.3, -0.25) is 4.79 Å². The molecule has 1 aromatic rings. The average Bonchev–Trinajstić information content (AvgIpc) is 2.34. The molecule has 0 aliphatic heterocycles. The van der Waals surface area contributed by atoms with Gasteiger partial charge in [0, 0.05) is 18.7 Å². The summed E-state index contributed by atoms with van der Waals surface area (Å²) in [5.74, 6) is -4.65. The Kier molecular flexibility index (Phi) is 5.82. The maximum absolute atomic E-state index is 12.9. The van der Waals surface area contributed by atoms with Gasteiger partial charge >= 0.3 is 0 Å². The zero-order valence-corrected chi connectivity index (χ0v) is 10.8. The minimum atomic E-state index is -1.59. The van der Waals surface area contributed by atoms with Crippen LogP contribution in [0.5, 0.6) is 0 Å². The van der Waals surface area contributed by atoms with Crippen LogP contribution < -0.4 is 5.32 Å². The Balaban J connectivity index is 2.46. The third-order valence-electron chi connectivity index (χ3n) is 2.23. The summed E-state index contributed by atoms with van der Waals surface area (Å²) < 4.78 is 43.8. The van der Waals surface area contributed by atoms with Gasteiger partial charge in [-0.15, -0.1) is 0 Å². The maximum atomic E-state index is 12.9. The average molecular weight is 275 g/mol. The van der Waals surface area contributed by atoms with Crippen LogP contribution in [0.1, 0.15) is 24.2 Å². The third-order valence-corrected chi connectivity index (χ3v) is 2.23. The Bertz CT molecular complexity index is 427. The predicted octanol–water partition coefficient (Wildman–Crippen LogP) is 2.51. The van der Waals surface area contributed by atoms with Gasteiger partial charge in [-0.2, -0.15) is 0 Å². The summed E-state index contributed by atoms with van der Waals surface area (Å²) in [6.45, 7) is 5.06. The molecule has 0 fully saturated rings. The van der Waals surface area contributed by atoms with Gasteiger partial charge in [-0.05, 0) is 18.1 Å². The normalized spacial score (nSPS) is 10.8. The number of halogens is 3. The van der Waals surface area contributed by atoms with Gasteiger partial charge in [0.05, 0.1) is 6.61 Å². The van der Waals surface area contributed by atoms with Gasteiger partial charge in [0.15, 0.2) is 17.5 Å². The summed E-state index contributed by atoms with van der Waals surface area (Å²) in [5.41, 5.74) is -0.264. The molecule has 3 nitrogen and oxygen atoms in total. The van der Waals surface area contributed by atoms with Gasteiger partial charge in [0.1, 0.15) is 0 Å². The molecule has 0 spiro atoms. The lowest BCUT2D eigenvalue weighted by atomic mass is 10.2. The van der Waals surface area contributed by atoms with E-state index in [1.165, 1.54) is 0 Å². The van der Waals surface area contributed by atoms with Gasteiger partial charge in [0.25, 0.3) is 5.91 Å². The standard InChI is InChI=1S/C13H16F3NO2/c1-8(2)7-19-4-3-17-13(18)9-5-10(14)12(16)11(15)6-9/h5-6,8H,3-4,7H2,1-2H3,(H,17,18). The van der Waals surface area contributed by atoms with E-state index >= 15 is 0 Å². The molecule has 0 bridgehead atoms. The van der Waals surface area contributed by atoms with E-state index in [2.05, 4.69) is 5.32 Å². The molecule has 0 heterocycles. The first kappa shape index (κ1) is 15.5. The number of carbonyl (C=O) groups is 1. The van der Waals surface area contributed by atoms with Crippen molar-refractivity contribution in [3.63, 3.8) is 0 Å². The molecule has 0 aliphatic carbocycles. The summed E-state index contributed by atoms with van der Waals surface area (Å²) in [4.78, 5) is 11.5. The zero-order valence-electron chi connectivity index (χ0n) is 10.8. The SMILES string of the molecule is CC(C)COCCNC(=O)c1cc(F)c(F)c(F)c1. The summed E-state index contributed by atoms with van der Waals surface area (Å²) in [5, 5.41) is 2.43. The largest absolute Gasteiger partial charge is 0.379 e. The van der Waals surface area contributed by atoms with Crippen LogP contribution in [0.2, 0.25) is 0 Å². The van der Waals surface area contributed by atoms with Crippen molar-refractivity contribution in [2.24, 2.45) is 5.92 Å². The van der Waals surface area contributed by atoms with Gasteiger partial charge in [-0.25, -0.2) is 13.2 Å². The lowest BCUT2D eigenvalue weighted by Gasteiger charge is -2.08. The number of benzene rings is 1. The molecule has 19 heavy (non-hydrogen) atoms. The Morgan fingerprint density at radius 3 is 2.37 bits per heavy atom. The Labute approximate surface area is 109 Å². The first-order valence-electron chi connectivity index (χ1n) is 5.92. The van der Waals surface area contributed by atoms with Crippen LogP contribution in [-0.4, -0.2) is 25.7 Å². The van der Waals surface area contributed by atoms with Crippen molar-refractivity contribution in [2.45, 2.75) is 13.8 Å². The van der Waals surface area contributed by atoms with Crippen LogP contribution in [-0.2, 0) is 4.74 Å². The molecular formula is C13H16F3NO2. The van der Waals surface area contributed by atoms with Crippen molar-refractivity contribution in [3.8, 4) is 0 Å². The van der Waals surface area contributed by atoms with Crippen molar-refractivity contribution < 1.29 is 22.7 Å². The molecule has 1 amide bonds. The molecule has 0 radical (unpaired) electrons. The van der Waals surface area contributed by atoms with Crippen molar-refractivity contribution in [1.29, 1.82) is 0 Å². The molecule has 0 saturated carbocycles. The van der Waals surface area contributed by atoms with E-state index in [9.17, 15) is 18.0 Å². The number of carbonyl (C=O) groups excluding carboxylic acids is 1. The van der Waals surface area contributed by atoms with Gasteiger partial charge in [-0.1, -0.05) is 13.8 Å². The highest BCUT2D eigenvalue weighted by atomic mass is 19.2. The fourth-order valence-electron chi connectivity index (χ4n) is 1.34. The van der Waals surface area contributed by atoms with E-state index in [-0.39, 0.29) is 12.1 Å². The van der Waals surface area contributed by atoms with Crippen LogP contribution in [0.25, 0.3) is 0 Å². The van der Waals surface area contributed by atoms with E-state index in [0.717, 1.165) is 0 Å². The molecule has 6 heteroatoms. The molecule has 106 valence electrons. The smallest absolute Gasteiger partial charge is 0.251 e. The van der Waals surface area contributed by atoms with Crippen molar-refractivity contribution in [2.75, 3.05) is 19.8 Å². The second kappa shape index (κ2) is 7.13. The second-order valence-electron chi connectivity index (χ2n) is 4.48. The van der Waals surface area contributed by atoms with E-state index in [4.69, 9.17) is 4.74 Å². The molecule has 0 saturated heterocycles. The maximum Gasteiger partial charge on any atom is 0.251 e. The third kappa shape index (κ3) is 4.90. The Hall–Kier alpha value is -1.56. The number of amides is 1. The van der Waals surface area contributed by atoms with E-state index < -0.39 is 23.4 Å². The van der Waals surface area contributed by atoms with Crippen LogP contribution in [0.15, 0.2) is 12.1 Å². The first-order chi connectivity index (χ1) is 8.91. The molecule has 0 unspecified atom stereocenters. The van der Waals surface area contributed by atoms with Gasteiger partial charge < -0.3 is 10.1 Å². The van der Waals surface area contributed by atoms with Crippen molar-refractivity contribution >= 4 is 5.91 Å². The Morgan fingerprint density at radius 2 is 1.84 bits per heavy atom.